The average Bonchev–Trinajstić information content (AvgIpc) is 2.34. The highest BCUT2D eigenvalue weighted by atomic mass is 35.5. The van der Waals surface area contributed by atoms with E-state index in [0.717, 1.165) is 5.75 Å². The lowest BCUT2D eigenvalue weighted by Gasteiger charge is -2.14. The summed E-state index contributed by atoms with van der Waals surface area (Å²) in [5, 5.41) is 2.65. The second-order valence-electron chi connectivity index (χ2n) is 4.34. The smallest absolute Gasteiger partial charge is 0.217 e. The lowest BCUT2D eigenvalue weighted by atomic mass is 10.2. The zero-order chi connectivity index (χ0) is 13.8. The minimum absolute atomic E-state index is 0.0397. The molecule has 0 saturated carbocycles. The van der Waals surface area contributed by atoms with E-state index in [-0.39, 0.29) is 17.6 Å². The first kappa shape index (κ1) is 17.8. The van der Waals surface area contributed by atoms with Gasteiger partial charge in [0.25, 0.3) is 0 Å². The molecular formula is C13H24ClNO2S. The lowest BCUT2D eigenvalue weighted by molar-refractivity contribution is -0.124. The maximum atomic E-state index is 11.5. The number of hydrogen-bond acceptors (Lipinski definition) is 3. The Morgan fingerprint density at radius 2 is 1.89 bits per heavy atom. The number of unbranched alkanes of at least 4 members (excludes halogenated alkanes) is 4. The number of amides is 1. The van der Waals surface area contributed by atoms with E-state index in [2.05, 4.69) is 12.2 Å². The van der Waals surface area contributed by atoms with E-state index in [1.165, 1.54) is 39.0 Å². The predicted octanol–water partition coefficient (Wildman–Crippen LogP) is 3.00. The molecule has 5 heteroatoms. The molecule has 0 aliphatic carbocycles. The van der Waals surface area contributed by atoms with Crippen LogP contribution in [-0.2, 0) is 9.59 Å². The van der Waals surface area contributed by atoms with Gasteiger partial charge >= 0.3 is 0 Å². The number of hydrogen-bond donors (Lipinski definition) is 1. The molecule has 0 fully saturated rings. The van der Waals surface area contributed by atoms with E-state index >= 15 is 0 Å². The number of thioether (sulfide) groups is 1. The topological polar surface area (TPSA) is 46.2 Å². The average molecular weight is 294 g/mol. The molecule has 0 rings (SSSR count). The van der Waals surface area contributed by atoms with E-state index < -0.39 is 6.04 Å². The molecule has 0 aromatic heterocycles. The quantitative estimate of drug-likeness (QED) is 0.470. The van der Waals surface area contributed by atoms with Gasteiger partial charge in [0, 0.05) is 12.7 Å². The molecule has 1 N–H and O–H groups in total. The third-order valence-corrected chi connectivity index (χ3v) is 3.98. The molecule has 3 nitrogen and oxygen atoms in total. The van der Waals surface area contributed by atoms with Gasteiger partial charge in [-0.25, -0.2) is 0 Å². The molecule has 0 heterocycles. The zero-order valence-corrected chi connectivity index (χ0v) is 12.9. The molecule has 0 unspecified atom stereocenters. The summed E-state index contributed by atoms with van der Waals surface area (Å²) >= 11 is 7.23. The number of ketones is 1. The van der Waals surface area contributed by atoms with E-state index in [1.807, 2.05) is 0 Å². The van der Waals surface area contributed by atoms with Gasteiger partial charge in [0.1, 0.15) is 0 Å². The van der Waals surface area contributed by atoms with Crippen molar-refractivity contribution in [2.24, 2.45) is 0 Å². The fourth-order valence-corrected chi connectivity index (χ4v) is 2.83. The first-order chi connectivity index (χ1) is 8.61. The van der Waals surface area contributed by atoms with Gasteiger partial charge in [-0.05, 0) is 12.2 Å². The number of carbonyl (C=O) groups excluding carboxylic acids is 2. The maximum absolute atomic E-state index is 11.5. The SMILES string of the molecule is CCCCCCCSC[C@H](NC(C)=O)C(=O)CCl. The van der Waals surface area contributed by atoms with Crippen LogP contribution in [0.3, 0.4) is 0 Å². The summed E-state index contributed by atoms with van der Waals surface area (Å²) in [5.41, 5.74) is 0. The summed E-state index contributed by atoms with van der Waals surface area (Å²) in [6.07, 6.45) is 6.25. The Hall–Kier alpha value is -0.220. The summed E-state index contributed by atoms with van der Waals surface area (Å²) in [4.78, 5) is 22.5. The minimum atomic E-state index is -0.430. The molecular weight excluding hydrogens is 270 g/mol. The van der Waals surface area contributed by atoms with Crippen LogP contribution in [0, 0.1) is 0 Å². The molecule has 0 aromatic carbocycles. The lowest BCUT2D eigenvalue weighted by Crippen LogP contribution is -2.42. The summed E-state index contributed by atoms with van der Waals surface area (Å²) < 4.78 is 0. The Bertz CT molecular complexity index is 249. The Morgan fingerprint density at radius 3 is 2.44 bits per heavy atom. The standard InChI is InChI=1S/C13H24ClNO2S/c1-3-4-5-6-7-8-18-10-12(13(17)9-14)15-11(2)16/h12H,3-10H2,1-2H3,(H,15,16)/t12-/m0/s1. The first-order valence-corrected chi connectivity index (χ1v) is 8.24. The molecule has 0 aliphatic heterocycles. The molecule has 0 radical (unpaired) electrons. The van der Waals surface area contributed by atoms with Crippen molar-refractivity contribution in [2.75, 3.05) is 17.4 Å². The summed E-state index contributed by atoms with van der Waals surface area (Å²) in [6.45, 7) is 3.62. The van der Waals surface area contributed by atoms with E-state index in [4.69, 9.17) is 11.6 Å². The second kappa shape index (κ2) is 11.8. The monoisotopic (exact) mass is 293 g/mol. The fraction of sp³-hybridized carbons (Fsp3) is 0.846. The van der Waals surface area contributed by atoms with Crippen LogP contribution in [0.4, 0.5) is 0 Å². The first-order valence-electron chi connectivity index (χ1n) is 6.55. The molecule has 106 valence electrons. The van der Waals surface area contributed by atoms with E-state index in [1.54, 1.807) is 11.8 Å². The van der Waals surface area contributed by atoms with Gasteiger partial charge in [0.05, 0.1) is 11.9 Å². The van der Waals surface area contributed by atoms with Crippen LogP contribution in [0.15, 0.2) is 0 Å². The van der Waals surface area contributed by atoms with Crippen LogP contribution in [-0.4, -0.2) is 35.1 Å². The number of halogens is 1. The van der Waals surface area contributed by atoms with Crippen molar-refractivity contribution < 1.29 is 9.59 Å². The molecule has 0 spiro atoms. The normalized spacial score (nSPS) is 12.2. The van der Waals surface area contributed by atoms with E-state index in [0.29, 0.717) is 5.75 Å². The fourth-order valence-electron chi connectivity index (χ4n) is 1.56. The number of carbonyl (C=O) groups is 2. The molecule has 0 aromatic rings. The van der Waals surface area contributed by atoms with Gasteiger partial charge in [-0.15, -0.1) is 11.6 Å². The van der Waals surface area contributed by atoms with Crippen molar-refractivity contribution in [1.29, 1.82) is 0 Å². The Kier molecular flexibility index (Phi) is 11.7. The molecule has 1 atom stereocenters. The number of nitrogens with one attached hydrogen (secondary N) is 1. The molecule has 1 amide bonds. The third-order valence-electron chi connectivity index (χ3n) is 2.57. The van der Waals surface area contributed by atoms with Crippen molar-refractivity contribution in [3.8, 4) is 0 Å². The molecule has 0 aliphatic rings. The number of rotatable bonds is 11. The van der Waals surface area contributed by atoms with Crippen LogP contribution in [0.25, 0.3) is 0 Å². The number of alkyl halides is 1. The maximum Gasteiger partial charge on any atom is 0.217 e. The van der Waals surface area contributed by atoms with Crippen molar-refractivity contribution in [1.82, 2.24) is 5.32 Å². The van der Waals surface area contributed by atoms with Crippen LogP contribution in [0.2, 0.25) is 0 Å². The van der Waals surface area contributed by atoms with Crippen molar-refractivity contribution in [2.45, 2.75) is 52.0 Å². The highest BCUT2D eigenvalue weighted by molar-refractivity contribution is 7.99. The zero-order valence-electron chi connectivity index (χ0n) is 11.3. The highest BCUT2D eigenvalue weighted by Crippen LogP contribution is 2.10. The van der Waals surface area contributed by atoms with E-state index in [9.17, 15) is 9.59 Å². The Labute approximate surface area is 119 Å². The van der Waals surface area contributed by atoms with Crippen molar-refractivity contribution in [3.63, 3.8) is 0 Å². The summed E-state index contributed by atoms with van der Waals surface area (Å²) in [6, 6.07) is -0.430. The largest absolute Gasteiger partial charge is 0.346 e. The second-order valence-corrected chi connectivity index (χ2v) is 5.76. The van der Waals surface area contributed by atoms with Crippen LogP contribution < -0.4 is 5.32 Å². The van der Waals surface area contributed by atoms with Gasteiger partial charge < -0.3 is 5.32 Å². The van der Waals surface area contributed by atoms with Gasteiger partial charge in [-0.1, -0.05) is 32.6 Å². The molecule has 18 heavy (non-hydrogen) atoms. The van der Waals surface area contributed by atoms with Gasteiger partial charge in [-0.2, -0.15) is 11.8 Å². The van der Waals surface area contributed by atoms with Crippen LogP contribution in [0.1, 0.15) is 46.0 Å². The van der Waals surface area contributed by atoms with Crippen LogP contribution in [0.5, 0.6) is 0 Å². The minimum Gasteiger partial charge on any atom is -0.346 e. The Morgan fingerprint density at radius 1 is 1.22 bits per heavy atom. The number of Topliss-reactive ketones (excluding diaryl/α,β-unsaturated/α-hetero) is 1. The molecule has 0 bridgehead atoms. The van der Waals surface area contributed by atoms with Gasteiger partial charge in [0.15, 0.2) is 5.78 Å². The third kappa shape index (κ3) is 9.77. The van der Waals surface area contributed by atoms with Crippen molar-refractivity contribution in [3.05, 3.63) is 0 Å². The summed E-state index contributed by atoms with van der Waals surface area (Å²) in [5.74, 6) is 1.34. The van der Waals surface area contributed by atoms with Crippen molar-refractivity contribution >= 4 is 35.1 Å². The predicted molar refractivity (Wildman–Crippen MR) is 79.4 cm³/mol. The summed E-state index contributed by atoms with van der Waals surface area (Å²) in [7, 11) is 0. The highest BCUT2D eigenvalue weighted by Gasteiger charge is 2.17. The van der Waals surface area contributed by atoms with Gasteiger partial charge in [-0.3, -0.25) is 9.59 Å². The van der Waals surface area contributed by atoms with Gasteiger partial charge in [0.2, 0.25) is 5.91 Å². The molecule has 0 saturated heterocycles. The van der Waals surface area contributed by atoms with Crippen LogP contribution >= 0.6 is 23.4 Å². The Balaban J connectivity index is 3.69.